The van der Waals surface area contributed by atoms with Crippen molar-refractivity contribution in [2.24, 2.45) is 5.92 Å². The van der Waals surface area contributed by atoms with E-state index in [1.165, 1.54) is 21.1 Å². The number of amides is 1. The number of ether oxygens (including phenoxy) is 3. The number of methoxy groups -OCH3 is 2. The van der Waals surface area contributed by atoms with Crippen molar-refractivity contribution in [1.29, 1.82) is 0 Å². The second-order valence-electron chi connectivity index (χ2n) is 5.32. The summed E-state index contributed by atoms with van der Waals surface area (Å²) < 4.78 is 16.0. The van der Waals surface area contributed by atoms with Crippen LogP contribution in [0.3, 0.4) is 0 Å². The number of benzene rings is 1. The highest BCUT2D eigenvalue weighted by Crippen LogP contribution is 2.37. The molecule has 0 spiro atoms. The Balaban J connectivity index is 2.89. The van der Waals surface area contributed by atoms with Crippen molar-refractivity contribution in [2.75, 3.05) is 14.2 Å². The lowest BCUT2D eigenvalue weighted by Gasteiger charge is -2.22. The lowest BCUT2D eigenvalue weighted by atomic mass is 10.0. The van der Waals surface area contributed by atoms with Gasteiger partial charge in [-0.05, 0) is 25.0 Å². The molecule has 0 saturated heterocycles. The van der Waals surface area contributed by atoms with Crippen molar-refractivity contribution in [3.05, 3.63) is 18.2 Å². The van der Waals surface area contributed by atoms with E-state index in [1.54, 1.807) is 32.0 Å². The maximum absolute atomic E-state index is 12.2. The lowest BCUT2D eigenvalue weighted by Crippen LogP contribution is -2.48. The van der Waals surface area contributed by atoms with E-state index in [4.69, 9.17) is 19.3 Å². The molecule has 1 aromatic carbocycles. The van der Waals surface area contributed by atoms with Gasteiger partial charge in [-0.15, -0.1) is 0 Å². The third-order valence-corrected chi connectivity index (χ3v) is 3.28. The topological polar surface area (TPSA) is 94.1 Å². The molecule has 0 bridgehead atoms. The number of carbonyl (C=O) groups excluding carboxylic acids is 1. The first-order chi connectivity index (χ1) is 10.8. The van der Waals surface area contributed by atoms with E-state index in [0.29, 0.717) is 11.5 Å². The molecule has 2 atom stereocenters. The highest BCUT2D eigenvalue weighted by molar-refractivity contribution is 5.86. The summed E-state index contributed by atoms with van der Waals surface area (Å²) in [6.07, 6.45) is -0.916. The Hall–Kier alpha value is -2.44. The van der Waals surface area contributed by atoms with Crippen molar-refractivity contribution in [1.82, 2.24) is 5.32 Å². The first-order valence-electron chi connectivity index (χ1n) is 7.22. The van der Waals surface area contributed by atoms with E-state index in [0.717, 1.165) is 0 Å². The molecular weight excluding hydrogens is 302 g/mol. The first-order valence-corrected chi connectivity index (χ1v) is 7.22. The molecule has 0 aromatic heterocycles. The average Bonchev–Trinajstić information content (AvgIpc) is 2.51. The van der Waals surface area contributed by atoms with E-state index in [2.05, 4.69) is 5.32 Å². The molecule has 0 radical (unpaired) electrons. The van der Waals surface area contributed by atoms with Crippen molar-refractivity contribution in [3.63, 3.8) is 0 Å². The van der Waals surface area contributed by atoms with Gasteiger partial charge in [-0.2, -0.15) is 0 Å². The van der Waals surface area contributed by atoms with E-state index in [-0.39, 0.29) is 11.7 Å². The van der Waals surface area contributed by atoms with Crippen LogP contribution in [0, 0.1) is 5.92 Å². The van der Waals surface area contributed by atoms with E-state index < -0.39 is 24.0 Å². The van der Waals surface area contributed by atoms with Crippen LogP contribution in [-0.4, -0.2) is 43.3 Å². The van der Waals surface area contributed by atoms with Gasteiger partial charge in [0.05, 0.1) is 14.2 Å². The van der Waals surface area contributed by atoms with Gasteiger partial charge < -0.3 is 24.6 Å². The molecule has 0 fully saturated rings. The van der Waals surface area contributed by atoms with Gasteiger partial charge in [0, 0.05) is 0 Å². The zero-order valence-electron chi connectivity index (χ0n) is 14.0. The summed E-state index contributed by atoms with van der Waals surface area (Å²) >= 11 is 0. The van der Waals surface area contributed by atoms with Crippen LogP contribution in [0.2, 0.25) is 0 Å². The third-order valence-electron chi connectivity index (χ3n) is 3.28. The molecule has 7 heteroatoms. The summed E-state index contributed by atoms with van der Waals surface area (Å²) in [5, 5.41) is 11.6. The SMILES string of the molecule is COc1cccc(OC)c1OC(C)C(=O)NC(C(=O)O)C(C)C. The van der Waals surface area contributed by atoms with Crippen LogP contribution in [-0.2, 0) is 9.59 Å². The van der Waals surface area contributed by atoms with Gasteiger partial charge in [-0.1, -0.05) is 19.9 Å². The molecular formula is C16H23NO6. The molecule has 1 amide bonds. The van der Waals surface area contributed by atoms with Gasteiger partial charge in [-0.25, -0.2) is 4.79 Å². The smallest absolute Gasteiger partial charge is 0.326 e. The number of carboxylic acids is 1. The highest BCUT2D eigenvalue weighted by Gasteiger charge is 2.27. The Morgan fingerprint density at radius 2 is 1.61 bits per heavy atom. The Morgan fingerprint density at radius 1 is 1.09 bits per heavy atom. The van der Waals surface area contributed by atoms with Crippen LogP contribution >= 0.6 is 0 Å². The molecule has 0 saturated carbocycles. The van der Waals surface area contributed by atoms with Crippen molar-refractivity contribution >= 4 is 11.9 Å². The van der Waals surface area contributed by atoms with Gasteiger partial charge in [0.1, 0.15) is 6.04 Å². The molecule has 2 N–H and O–H groups in total. The standard InChI is InChI=1S/C16H23NO6/c1-9(2)13(16(19)20)17-15(18)10(3)23-14-11(21-4)7-6-8-12(14)22-5/h6-10,13H,1-5H3,(H,17,18)(H,19,20). The molecule has 0 aliphatic carbocycles. The van der Waals surface area contributed by atoms with Crippen LogP contribution < -0.4 is 19.5 Å². The fourth-order valence-electron chi connectivity index (χ4n) is 1.95. The minimum Gasteiger partial charge on any atom is -0.493 e. The number of nitrogens with one attached hydrogen (secondary N) is 1. The van der Waals surface area contributed by atoms with Crippen LogP contribution in [0.1, 0.15) is 20.8 Å². The molecule has 128 valence electrons. The summed E-state index contributed by atoms with van der Waals surface area (Å²) in [5.41, 5.74) is 0. The van der Waals surface area contributed by atoms with E-state index in [1.807, 2.05) is 0 Å². The summed E-state index contributed by atoms with van der Waals surface area (Å²) in [6, 6.07) is 4.11. The van der Waals surface area contributed by atoms with Gasteiger partial charge in [0.15, 0.2) is 17.6 Å². The summed E-state index contributed by atoms with van der Waals surface area (Å²) in [6.45, 7) is 4.96. The molecule has 0 heterocycles. The number of hydrogen-bond acceptors (Lipinski definition) is 5. The molecule has 1 aromatic rings. The predicted octanol–water partition coefficient (Wildman–Crippen LogP) is 1.70. The quantitative estimate of drug-likeness (QED) is 0.755. The zero-order valence-corrected chi connectivity index (χ0v) is 14.0. The number of para-hydroxylation sites is 1. The van der Waals surface area contributed by atoms with Crippen LogP contribution in [0.4, 0.5) is 0 Å². The predicted molar refractivity (Wildman–Crippen MR) is 84.0 cm³/mol. The average molecular weight is 325 g/mol. The Bertz CT molecular complexity index is 535. The van der Waals surface area contributed by atoms with Crippen molar-refractivity contribution < 1.29 is 28.9 Å². The zero-order chi connectivity index (χ0) is 17.6. The normalized spacial score (nSPS) is 13.1. The summed E-state index contributed by atoms with van der Waals surface area (Å²) in [5.74, 6) is -0.735. The first kappa shape index (κ1) is 18.6. The second kappa shape index (κ2) is 8.26. The molecule has 2 unspecified atom stereocenters. The minimum atomic E-state index is -1.09. The maximum atomic E-state index is 12.2. The van der Waals surface area contributed by atoms with Crippen molar-refractivity contribution in [3.8, 4) is 17.2 Å². The number of aliphatic carboxylic acids is 1. The fourth-order valence-corrected chi connectivity index (χ4v) is 1.95. The van der Waals surface area contributed by atoms with Gasteiger partial charge in [0.2, 0.25) is 5.75 Å². The Morgan fingerprint density at radius 3 is 2.00 bits per heavy atom. The molecule has 0 aliphatic rings. The number of hydrogen-bond donors (Lipinski definition) is 2. The van der Waals surface area contributed by atoms with E-state index >= 15 is 0 Å². The minimum absolute atomic E-state index is 0.246. The van der Waals surface area contributed by atoms with Crippen molar-refractivity contribution in [2.45, 2.75) is 32.9 Å². The lowest BCUT2D eigenvalue weighted by molar-refractivity contribution is -0.144. The Labute approximate surface area is 135 Å². The molecule has 0 aliphatic heterocycles. The monoisotopic (exact) mass is 325 g/mol. The Kier molecular flexibility index (Phi) is 6.68. The fraction of sp³-hybridized carbons (Fsp3) is 0.500. The largest absolute Gasteiger partial charge is 0.493 e. The third kappa shape index (κ3) is 4.77. The summed E-state index contributed by atoms with van der Waals surface area (Å²) in [7, 11) is 2.96. The number of carbonyl (C=O) groups is 2. The van der Waals surface area contributed by atoms with Gasteiger partial charge >= 0.3 is 5.97 Å². The van der Waals surface area contributed by atoms with Gasteiger partial charge in [0.25, 0.3) is 5.91 Å². The van der Waals surface area contributed by atoms with Crippen LogP contribution in [0.5, 0.6) is 17.2 Å². The highest BCUT2D eigenvalue weighted by atomic mass is 16.5. The summed E-state index contributed by atoms with van der Waals surface area (Å²) in [4.78, 5) is 23.3. The van der Waals surface area contributed by atoms with Crippen LogP contribution in [0.25, 0.3) is 0 Å². The molecule has 7 nitrogen and oxygen atoms in total. The molecule has 23 heavy (non-hydrogen) atoms. The number of rotatable bonds is 8. The molecule has 1 rings (SSSR count). The van der Waals surface area contributed by atoms with E-state index in [9.17, 15) is 9.59 Å². The van der Waals surface area contributed by atoms with Crippen LogP contribution in [0.15, 0.2) is 18.2 Å². The second-order valence-corrected chi connectivity index (χ2v) is 5.32. The number of carboxylic acid groups (broad SMARTS) is 1. The van der Waals surface area contributed by atoms with Gasteiger partial charge in [-0.3, -0.25) is 4.79 Å². The maximum Gasteiger partial charge on any atom is 0.326 e.